The van der Waals surface area contributed by atoms with Crippen LogP contribution < -0.4 is 5.32 Å². The molecule has 0 saturated heterocycles. The van der Waals surface area contributed by atoms with Crippen molar-refractivity contribution >= 4 is 11.9 Å². The van der Waals surface area contributed by atoms with Crippen molar-refractivity contribution in [3.05, 3.63) is 36.5 Å². The summed E-state index contributed by atoms with van der Waals surface area (Å²) in [5, 5.41) is 23.3. The first-order chi connectivity index (χ1) is 33.0. The second-order valence-electron chi connectivity index (χ2n) is 20.3. The Morgan fingerprint density at radius 1 is 0.418 bits per heavy atom. The molecule has 6 nitrogen and oxygen atoms in total. The van der Waals surface area contributed by atoms with Gasteiger partial charge in [-0.2, -0.15) is 0 Å². The molecular weight excluding hydrogens is 827 g/mol. The molecule has 3 N–H and O–H groups in total. The quantitative estimate of drug-likeness (QED) is 0.0321. The van der Waals surface area contributed by atoms with E-state index in [1.54, 1.807) is 0 Å². The summed E-state index contributed by atoms with van der Waals surface area (Å²) < 4.78 is 5.41. The predicted octanol–water partition coefficient (Wildman–Crippen LogP) is 18.4. The van der Waals surface area contributed by atoms with Gasteiger partial charge in [-0.05, 0) is 70.6 Å². The number of hydrogen-bond acceptors (Lipinski definition) is 5. The fourth-order valence-corrected chi connectivity index (χ4v) is 9.12. The minimum Gasteiger partial charge on any atom is -0.465 e. The molecule has 2 atom stereocenters. The average Bonchev–Trinajstić information content (AvgIpc) is 3.33. The predicted molar refractivity (Wildman–Crippen MR) is 292 cm³/mol. The molecule has 0 aromatic heterocycles. The topological polar surface area (TPSA) is 95.9 Å². The summed E-state index contributed by atoms with van der Waals surface area (Å²) in [6.45, 7) is 4.84. The van der Waals surface area contributed by atoms with E-state index in [0.717, 1.165) is 51.4 Å². The van der Waals surface area contributed by atoms with Crippen molar-refractivity contribution in [1.82, 2.24) is 5.32 Å². The zero-order chi connectivity index (χ0) is 48.6. The van der Waals surface area contributed by atoms with Crippen LogP contribution in [-0.2, 0) is 14.3 Å². The molecule has 0 aliphatic carbocycles. The van der Waals surface area contributed by atoms with Gasteiger partial charge in [0, 0.05) is 12.8 Å². The molecule has 394 valence electrons. The number of hydrogen-bond donors (Lipinski definition) is 3. The Kier molecular flexibility index (Phi) is 55.0. The minimum atomic E-state index is -0.667. The zero-order valence-corrected chi connectivity index (χ0v) is 44.9. The van der Waals surface area contributed by atoms with Gasteiger partial charge in [0.1, 0.15) is 0 Å². The number of amides is 1. The molecule has 1 amide bonds. The van der Waals surface area contributed by atoms with E-state index in [1.165, 1.54) is 231 Å². The van der Waals surface area contributed by atoms with Gasteiger partial charge in [0.05, 0.1) is 25.4 Å². The highest BCUT2D eigenvalue weighted by atomic mass is 16.5. The number of carbonyl (C=O) groups excluding carboxylic acids is 2. The lowest BCUT2D eigenvalue weighted by Gasteiger charge is -2.22. The van der Waals surface area contributed by atoms with Crippen molar-refractivity contribution in [3.8, 4) is 0 Å². The van der Waals surface area contributed by atoms with Crippen molar-refractivity contribution in [3.63, 3.8) is 0 Å². The van der Waals surface area contributed by atoms with Crippen LogP contribution in [0.15, 0.2) is 36.5 Å². The van der Waals surface area contributed by atoms with Crippen LogP contribution in [0, 0.1) is 0 Å². The van der Waals surface area contributed by atoms with Crippen LogP contribution in [0.25, 0.3) is 0 Å². The van der Waals surface area contributed by atoms with Gasteiger partial charge in [0.25, 0.3) is 0 Å². The van der Waals surface area contributed by atoms with Crippen LogP contribution in [0.5, 0.6) is 0 Å². The zero-order valence-electron chi connectivity index (χ0n) is 44.9. The summed E-state index contributed by atoms with van der Waals surface area (Å²) in [6.07, 6.45) is 70.1. The number of ether oxygens (including phenoxy) is 1. The number of aliphatic hydroxyl groups excluding tert-OH is 2. The molecule has 0 heterocycles. The molecule has 0 bridgehead atoms. The van der Waals surface area contributed by atoms with Gasteiger partial charge in [0.2, 0.25) is 5.91 Å². The molecule has 0 spiro atoms. The highest BCUT2D eigenvalue weighted by molar-refractivity contribution is 5.76. The Morgan fingerprint density at radius 3 is 1.15 bits per heavy atom. The van der Waals surface area contributed by atoms with Crippen molar-refractivity contribution in [2.75, 3.05) is 13.2 Å². The summed E-state index contributed by atoms with van der Waals surface area (Å²) in [6, 6.07) is -0.545. The maximum Gasteiger partial charge on any atom is 0.305 e. The normalized spacial score (nSPS) is 12.8. The Labute approximate surface area is 417 Å². The first kappa shape index (κ1) is 65.1. The van der Waals surface area contributed by atoms with Crippen LogP contribution in [-0.4, -0.2) is 47.4 Å². The van der Waals surface area contributed by atoms with Crippen molar-refractivity contribution in [2.45, 2.75) is 328 Å². The molecule has 0 aromatic rings. The lowest BCUT2D eigenvalue weighted by Crippen LogP contribution is -2.45. The van der Waals surface area contributed by atoms with Crippen LogP contribution in [0.2, 0.25) is 0 Å². The monoisotopic (exact) mass is 942 g/mol. The van der Waals surface area contributed by atoms with Crippen LogP contribution in [0.1, 0.15) is 316 Å². The summed E-state index contributed by atoms with van der Waals surface area (Å²) in [5.41, 5.74) is 0. The van der Waals surface area contributed by atoms with Crippen molar-refractivity contribution in [2.24, 2.45) is 0 Å². The molecule has 0 rings (SSSR count). The molecule has 6 heteroatoms. The summed E-state index contributed by atoms with van der Waals surface area (Å²) in [4.78, 5) is 24.5. The van der Waals surface area contributed by atoms with Gasteiger partial charge >= 0.3 is 5.97 Å². The third kappa shape index (κ3) is 53.3. The molecule has 0 saturated carbocycles. The maximum atomic E-state index is 12.5. The number of carbonyl (C=O) groups is 2. The Bertz CT molecular complexity index is 1090. The number of unbranched alkanes of at least 4 members (excludes halogenated alkanes) is 38. The van der Waals surface area contributed by atoms with E-state index in [2.05, 4.69) is 55.6 Å². The molecule has 2 unspecified atom stereocenters. The smallest absolute Gasteiger partial charge is 0.305 e. The SMILES string of the molecule is CCCCCCCC/C=C\CCCCCCCC(=O)OCC/C=C\C/C=C\CCCCCCCCCCCCCCCCC(=O)NC(CO)C(O)CCCCCCCCCCCCCCCC. The molecule has 0 aliphatic rings. The number of rotatable bonds is 55. The van der Waals surface area contributed by atoms with Crippen LogP contribution in [0.4, 0.5) is 0 Å². The number of allylic oxidation sites excluding steroid dienone is 5. The van der Waals surface area contributed by atoms with E-state index < -0.39 is 12.1 Å². The molecule has 0 aliphatic heterocycles. The number of aliphatic hydroxyl groups is 2. The van der Waals surface area contributed by atoms with E-state index >= 15 is 0 Å². The van der Waals surface area contributed by atoms with Gasteiger partial charge in [-0.25, -0.2) is 0 Å². The van der Waals surface area contributed by atoms with Gasteiger partial charge in [-0.15, -0.1) is 0 Å². The van der Waals surface area contributed by atoms with Crippen LogP contribution >= 0.6 is 0 Å². The average molecular weight is 943 g/mol. The third-order valence-corrected chi connectivity index (χ3v) is 13.7. The molecule has 0 fully saturated rings. The molecule has 0 radical (unpaired) electrons. The van der Waals surface area contributed by atoms with Gasteiger partial charge in [0.15, 0.2) is 0 Å². The van der Waals surface area contributed by atoms with Gasteiger partial charge in [-0.3, -0.25) is 9.59 Å². The Balaban J connectivity index is 3.45. The summed E-state index contributed by atoms with van der Waals surface area (Å²) in [7, 11) is 0. The molecular formula is C61H115NO5. The highest BCUT2D eigenvalue weighted by Gasteiger charge is 2.20. The first-order valence-corrected chi connectivity index (χ1v) is 29.7. The highest BCUT2D eigenvalue weighted by Crippen LogP contribution is 2.17. The van der Waals surface area contributed by atoms with E-state index in [1.807, 2.05) is 0 Å². The van der Waals surface area contributed by atoms with E-state index in [0.29, 0.717) is 25.9 Å². The fraction of sp³-hybridized carbons (Fsp3) is 0.869. The van der Waals surface area contributed by atoms with E-state index in [4.69, 9.17) is 4.74 Å². The number of nitrogens with one attached hydrogen (secondary N) is 1. The summed E-state index contributed by atoms with van der Waals surface area (Å²) >= 11 is 0. The lowest BCUT2D eigenvalue weighted by atomic mass is 10.0. The first-order valence-electron chi connectivity index (χ1n) is 29.7. The second-order valence-corrected chi connectivity index (χ2v) is 20.3. The summed E-state index contributed by atoms with van der Waals surface area (Å²) in [5.74, 6) is -0.0823. The fourth-order valence-electron chi connectivity index (χ4n) is 9.12. The van der Waals surface area contributed by atoms with Crippen molar-refractivity contribution in [1.29, 1.82) is 0 Å². The minimum absolute atomic E-state index is 0.0392. The lowest BCUT2D eigenvalue weighted by molar-refractivity contribution is -0.143. The largest absolute Gasteiger partial charge is 0.465 e. The Hall–Kier alpha value is -1.92. The van der Waals surface area contributed by atoms with Gasteiger partial charge < -0.3 is 20.3 Å². The second kappa shape index (κ2) is 56.7. The van der Waals surface area contributed by atoms with Crippen LogP contribution in [0.3, 0.4) is 0 Å². The van der Waals surface area contributed by atoms with Crippen molar-refractivity contribution < 1.29 is 24.5 Å². The maximum absolute atomic E-state index is 12.5. The third-order valence-electron chi connectivity index (χ3n) is 13.7. The van der Waals surface area contributed by atoms with E-state index in [-0.39, 0.29) is 18.5 Å². The van der Waals surface area contributed by atoms with Gasteiger partial charge in [-0.1, -0.05) is 269 Å². The number of esters is 1. The Morgan fingerprint density at radius 2 is 0.746 bits per heavy atom. The molecule has 67 heavy (non-hydrogen) atoms. The van der Waals surface area contributed by atoms with E-state index in [9.17, 15) is 19.8 Å². The molecule has 0 aromatic carbocycles. The standard InChI is InChI=1S/C61H115NO5/c1-3-5-7-9-11-13-15-17-26-31-35-39-43-47-51-55-61(66)67-56-52-48-44-40-36-32-28-25-23-21-19-20-22-24-27-30-34-38-42-46-50-54-60(65)62-58(57-63)59(64)53-49-45-41-37-33-29-18-16-14-12-10-8-6-4-2/h17,26,32,36,44,48,58-59,63-64H,3-16,18-25,27-31,33-35,37-43,45-47,49-57H2,1-2H3,(H,62,65)/b26-17-,36-32-,48-44-.